The highest BCUT2D eigenvalue weighted by Gasteiger charge is 2.38. The van der Waals surface area contributed by atoms with Crippen molar-refractivity contribution in [3.63, 3.8) is 0 Å². The van der Waals surface area contributed by atoms with Gasteiger partial charge in [-0.1, -0.05) is 282 Å². The number of anilines is 6. The predicted octanol–water partition coefficient (Wildman–Crippen LogP) is 29.4. The molecule has 2 aliphatic carbocycles. The molecule has 2 aliphatic rings. The zero-order chi connectivity index (χ0) is 74.5. The molecule has 0 N–H and O–H groups in total. The first-order valence-corrected chi connectivity index (χ1v) is 38.8. The van der Waals surface area contributed by atoms with E-state index in [1.807, 2.05) is 24.3 Å². The van der Waals surface area contributed by atoms with E-state index in [0.717, 1.165) is 112 Å². The Balaban J connectivity index is 0.000000138. The van der Waals surface area contributed by atoms with Gasteiger partial charge in [-0.3, -0.25) is 0 Å². The maximum absolute atomic E-state index is 6.47. The van der Waals surface area contributed by atoms with Crippen molar-refractivity contribution >= 4 is 132 Å². The smallest absolute Gasteiger partial charge is 0.143 e. The van der Waals surface area contributed by atoms with Gasteiger partial charge >= 0.3 is 0 Å². The summed E-state index contributed by atoms with van der Waals surface area (Å²) in [7, 11) is 0. The summed E-state index contributed by atoms with van der Waals surface area (Å²) in [5, 5.41) is 12.0. The Labute approximate surface area is 648 Å². The van der Waals surface area contributed by atoms with Crippen LogP contribution in [0.1, 0.15) is 49.9 Å². The molecule has 0 saturated heterocycles. The second-order valence-corrected chi connectivity index (χ2v) is 31.0. The van der Waals surface area contributed by atoms with Gasteiger partial charge in [-0.2, -0.15) is 0 Å². The molecule has 0 fully saturated rings. The van der Waals surface area contributed by atoms with Gasteiger partial charge in [0.2, 0.25) is 0 Å². The highest BCUT2D eigenvalue weighted by Crippen LogP contribution is 2.54. The lowest BCUT2D eigenvalue weighted by Gasteiger charge is -2.29. The van der Waals surface area contributed by atoms with Gasteiger partial charge in [0.25, 0.3) is 0 Å². The summed E-state index contributed by atoms with van der Waals surface area (Å²) in [5.41, 5.74) is 32.3. The molecule has 4 heterocycles. The SMILES string of the molecule is CC1(C)c2ccccc2-c2ccc(N(c3ccc(-c4cccc5c4oc4ccccc45)cc3)c3ccc(-n4c5ccccc5c5ccccc54)c4ccccc34)cc21.CC1(C)c2ccccc2-c2ccc(N(c3ccc(-c4cccc5c4oc4ccccc45)cc3)c3ccc(-n4c5ccccc5c5ccccc54)cc3)cc21. The van der Waals surface area contributed by atoms with E-state index in [1.54, 1.807) is 0 Å². The molecule has 0 aliphatic heterocycles. The Morgan fingerprint density at radius 1 is 0.232 bits per heavy atom. The van der Waals surface area contributed by atoms with E-state index >= 15 is 0 Å². The Bertz CT molecular complexity index is 7280. The summed E-state index contributed by atoms with van der Waals surface area (Å²) < 4.78 is 17.7. The van der Waals surface area contributed by atoms with Crippen LogP contribution in [0.25, 0.3) is 154 Å². The van der Waals surface area contributed by atoms with Crippen LogP contribution in [0.3, 0.4) is 0 Å². The standard InChI is InChI=1S/C55H38N2O.C51H36N2O/c1-55(2)47-22-9-5-14-39(47)40-31-30-37(34-48(40)55)56(36-28-26-35(27-29-36)38-20-13-21-46-45-19-8-12-25-53(45)58-54(38)46)51-32-33-52(44-16-4-3-15-43(44)51)57-49-23-10-6-17-41(49)42-18-7-11-24-50(42)57;1-51(2)45-18-7-3-12-39(45)40-31-30-37(32-46(40)51)52(34-24-22-33(23-25-34)38-16-11-17-44-43-15-6-10-21-49(43)54-50(38)44)35-26-28-36(29-27-35)53-47-19-8-4-13-41(47)42-14-5-9-20-48(42)53/h3-34H,1-2H3;3-32H,1-2H3. The lowest BCUT2D eigenvalue weighted by atomic mass is 9.82. The van der Waals surface area contributed by atoms with Crippen LogP contribution in [0.4, 0.5) is 34.1 Å². The van der Waals surface area contributed by atoms with Gasteiger partial charge in [0.05, 0.1) is 33.4 Å². The second kappa shape index (κ2) is 25.2. The summed E-state index contributed by atoms with van der Waals surface area (Å²) in [6, 6.07) is 137. The first-order chi connectivity index (χ1) is 55.1. The number of fused-ring (bicyclic) bond motifs is 19. The van der Waals surface area contributed by atoms with Crippen LogP contribution in [-0.4, -0.2) is 9.13 Å². The van der Waals surface area contributed by atoms with Gasteiger partial charge < -0.3 is 27.8 Å². The molecule has 4 aromatic heterocycles. The Kier molecular flexibility index (Phi) is 14.6. The van der Waals surface area contributed by atoms with Crippen molar-refractivity contribution in [3.8, 4) is 55.9 Å². The van der Waals surface area contributed by atoms with E-state index in [2.05, 4.69) is 398 Å². The minimum atomic E-state index is -0.134. The maximum Gasteiger partial charge on any atom is 0.143 e. The van der Waals surface area contributed by atoms with Crippen LogP contribution in [0.2, 0.25) is 0 Å². The third-order valence-electron chi connectivity index (χ3n) is 24.2. The van der Waals surface area contributed by atoms with Crippen molar-refractivity contribution in [2.24, 2.45) is 0 Å². The lowest BCUT2D eigenvalue weighted by Crippen LogP contribution is -2.16. The van der Waals surface area contributed by atoms with Crippen LogP contribution in [0.15, 0.2) is 385 Å². The van der Waals surface area contributed by atoms with Crippen LogP contribution >= 0.6 is 0 Å². The molecule has 0 unspecified atom stereocenters. The van der Waals surface area contributed by atoms with Crippen molar-refractivity contribution < 1.29 is 8.83 Å². The van der Waals surface area contributed by atoms with Gasteiger partial charge in [0.15, 0.2) is 0 Å². The summed E-state index contributed by atoms with van der Waals surface area (Å²) in [6.45, 7) is 9.41. The molecule has 0 atom stereocenters. The molecule has 112 heavy (non-hydrogen) atoms. The van der Waals surface area contributed by atoms with Crippen molar-refractivity contribution in [1.29, 1.82) is 0 Å². The molecule has 6 nitrogen and oxygen atoms in total. The molecule has 6 heteroatoms. The van der Waals surface area contributed by atoms with Gasteiger partial charge in [-0.05, 0) is 177 Å². The molecule has 0 amide bonds. The van der Waals surface area contributed by atoms with E-state index in [-0.39, 0.29) is 10.8 Å². The van der Waals surface area contributed by atoms with Crippen LogP contribution in [-0.2, 0) is 10.8 Å². The lowest BCUT2D eigenvalue weighted by molar-refractivity contribution is 0.660. The summed E-state index contributed by atoms with van der Waals surface area (Å²) in [4.78, 5) is 4.84. The first kappa shape index (κ1) is 64.9. The van der Waals surface area contributed by atoms with E-state index in [1.165, 1.54) is 98.9 Å². The molecule has 0 spiro atoms. The fourth-order valence-corrected chi connectivity index (χ4v) is 18.9. The molecule has 17 aromatic carbocycles. The topological polar surface area (TPSA) is 42.6 Å². The zero-order valence-corrected chi connectivity index (χ0v) is 62.4. The number of hydrogen-bond donors (Lipinski definition) is 0. The number of rotatable bonds is 10. The zero-order valence-electron chi connectivity index (χ0n) is 62.4. The van der Waals surface area contributed by atoms with Crippen molar-refractivity contribution in [2.75, 3.05) is 9.80 Å². The highest BCUT2D eigenvalue weighted by molar-refractivity contribution is 6.14. The number of aromatic nitrogens is 2. The van der Waals surface area contributed by atoms with Gasteiger partial charge in [-0.25, -0.2) is 0 Å². The normalized spacial score (nSPS) is 13.1. The molecular weight excluding hydrogens is 1360 g/mol. The van der Waals surface area contributed by atoms with E-state index < -0.39 is 0 Å². The average Bonchev–Trinajstić information content (AvgIpc) is 1.68. The number of furan rings is 2. The van der Waals surface area contributed by atoms with Crippen molar-refractivity contribution in [1.82, 2.24) is 9.13 Å². The molecule has 0 radical (unpaired) electrons. The number of nitrogens with zero attached hydrogens (tertiary/aromatic N) is 4. The summed E-state index contributed by atoms with van der Waals surface area (Å²) >= 11 is 0. The largest absolute Gasteiger partial charge is 0.455 e. The predicted molar refractivity (Wildman–Crippen MR) is 469 cm³/mol. The Hall–Kier alpha value is -14.2. The molecule has 21 aromatic rings. The summed E-state index contributed by atoms with van der Waals surface area (Å²) in [6.07, 6.45) is 0. The van der Waals surface area contributed by atoms with Crippen LogP contribution in [0.5, 0.6) is 0 Å². The monoisotopic (exact) mass is 1430 g/mol. The molecule has 0 bridgehead atoms. The third-order valence-corrected chi connectivity index (χ3v) is 24.2. The third kappa shape index (κ3) is 9.97. The first-order valence-electron chi connectivity index (χ1n) is 38.8. The van der Waals surface area contributed by atoms with E-state index in [9.17, 15) is 0 Å². The van der Waals surface area contributed by atoms with Crippen molar-refractivity contribution in [2.45, 2.75) is 38.5 Å². The van der Waals surface area contributed by atoms with E-state index in [4.69, 9.17) is 8.83 Å². The quantitative estimate of drug-likeness (QED) is 0.137. The minimum Gasteiger partial charge on any atom is -0.455 e. The van der Waals surface area contributed by atoms with Crippen molar-refractivity contribution in [3.05, 3.63) is 398 Å². The van der Waals surface area contributed by atoms with Gasteiger partial charge in [-0.15, -0.1) is 0 Å². The minimum absolute atomic E-state index is 0.108. The molecule has 0 saturated carbocycles. The van der Waals surface area contributed by atoms with Gasteiger partial charge in [0, 0.05) is 110 Å². The summed E-state index contributed by atoms with van der Waals surface area (Å²) in [5.74, 6) is 0. The second-order valence-electron chi connectivity index (χ2n) is 31.0. The van der Waals surface area contributed by atoms with Crippen LogP contribution < -0.4 is 9.80 Å². The Morgan fingerprint density at radius 2 is 0.571 bits per heavy atom. The average molecular weight is 1440 g/mol. The fourth-order valence-electron chi connectivity index (χ4n) is 18.9. The van der Waals surface area contributed by atoms with Gasteiger partial charge in [0.1, 0.15) is 22.3 Å². The number of benzene rings is 17. The molecular formula is C106H74N4O2. The number of hydrogen-bond acceptors (Lipinski definition) is 4. The number of para-hydroxylation sites is 8. The van der Waals surface area contributed by atoms with E-state index in [0.29, 0.717) is 0 Å². The molecule has 23 rings (SSSR count). The highest BCUT2D eigenvalue weighted by atomic mass is 16.3. The maximum atomic E-state index is 6.47. The Morgan fingerprint density at radius 3 is 1.04 bits per heavy atom. The van der Waals surface area contributed by atoms with Crippen LogP contribution in [0, 0.1) is 0 Å². The fraction of sp³-hybridized carbons (Fsp3) is 0.0566. The molecule has 530 valence electrons.